The van der Waals surface area contributed by atoms with E-state index >= 15 is 0 Å². The Balaban J connectivity index is 2.55. The van der Waals surface area contributed by atoms with Crippen LogP contribution in [0.3, 0.4) is 0 Å². The van der Waals surface area contributed by atoms with E-state index in [1.165, 1.54) is 0 Å². The minimum atomic E-state index is -0.777. The molecule has 0 aliphatic heterocycles. The third kappa shape index (κ3) is 5.68. The van der Waals surface area contributed by atoms with Crippen molar-refractivity contribution >= 4 is 11.7 Å². The Labute approximate surface area is 108 Å². The van der Waals surface area contributed by atoms with Gasteiger partial charge in [0.15, 0.2) is 0 Å². The maximum Gasteiger partial charge on any atom is 0.305 e. The van der Waals surface area contributed by atoms with Crippen LogP contribution in [0.4, 0.5) is 5.69 Å². The van der Waals surface area contributed by atoms with Gasteiger partial charge in [0, 0.05) is 18.8 Å². The highest BCUT2D eigenvalue weighted by Gasteiger charge is 2.08. The summed E-state index contributed by atoms with van der Waals surface area (Å²) >= 11 is 0. The van der Waals surface area contributed by atoms with E-state index < -0.39 is 5.97 Å². The smallest absolute Gasteiger partial charge is 0.305 e. The number of carboxylic acid groups (broad SMARTS) is 1. The molecule has 0 bridgehead atoms. The topological polar surface area (TPSA) is 49.8 Å². The number of rotatable bonds is 8. The molecule has 100 valence electrons. The third-order valence-corrected chi connectivity index (χ3v) is 2.53. The fraction of sp³-hybridized carbons (Fsp3) is 0.500. The van der Waals surface area contributed by atoms with E-state index in [0.29, 0.717) is 19.7 Å². The zero-order chi connectivity index (χ0) is 13.4. The molecule has 0 aromatic heterocycles. The molecule has 0 saturated carbocycles. The number of anilines is 1. The van der Waals surface area contributed by atoms with Gasteiger partial charge in [-0.1, -0.05) is 18.2 Å². The third-order valence-electron chi connectivity index (χ3n) is 2.53. The van der Waals surface area contributed by atoms with Crippen molar-refractivity contribution in [3.05, 3.63) is 30.3 Å². The van der Waals surface area contributed by atoms with Gasteiger partial charge in [-0.2, -0.15) is 0 Å². The fourth-order valence-electron chi connectivity index (χ4n) is 1.64. The first-order valence-electron chi connectivity index (χ1n) is 6.23. The van der Waals surface area contributed by atoms with Gasteiger partial charge in [-0.25, -0.2) is 0 Å². The Morgan fingerprint density at radius 1 is 1.28 bits per heavy atom. The van der Waals surface area contributed by atoms with E-state index in [2.05, 4.69) is 0 Å². The molecular weight excluding hydrogens is 230 g/mol. The summed E-state index contributed by atoms with van der Waals surface area (Å²) in [6.45, 7) is 5.79. The van der Waals surface area contributed by atoms with Crippen molar-refractivity contribution < 1.29 is 14.6 Å². The van der Waals surface area contributed by atoms with Crippen molar-refractivity contribution in [3.63, 3.8) is 0 Å². The summed E-state index contributed by atoms with van der Waals surface area (Å²) < 4.78 is 5.51. The van der Waals surface area contributed by atoms with Gasteiger partial charge >= 0.3 is 5.97 Å². The molecule has 0 unspecified atom stereocenters. The minimum absolute atomic E-state index is 0.135. The van der Waals surface area contributed by atoms with Crippen LogP contribution in [-0.4, -0.2) is 36.9 Å². The van der Waals surface area contributed by atoms with Gasteiger partial charge in [0.25, 0.3) is 0 Å². The molecule has 1 aromatic rings. The van der Waals surface area contributed by atoms with Crippen LogP contribution >= 0.6 is 0 Å². The first kappa shape index (κ1) is 14.5. The van der Waals surface area contributed by atoms with Crippen molar-refractivity contribution in [1.29, 1.82) is 0 Å². The number of nitrogens with zero attached hydrogens (tertiary/aromatic N) is 1. The molecule has 1 rings (SSSR count). The average molecular weight is 251 g/mol. The lowest BCUT2D eigenvalue weighted by Gasteiger charge is -2.24. The number of aliphatic carboxylic acids is 1. The van der Waals surface area contributed by atoms with Gasteiger partial charge in [0.05, 0.1) is 19.1 Å². The first-order chi connectivity index (χ1) is 8.59. The molecule has 0 amide bonds. The van der Waals surface area contributed by atoms with Gasteiger partial charge in [0.1, 0.15) is 0 Å². The lowest BCUT2D eigenvalue weighted by molar-refractivity contribution is -0.136. The van der Waals surface area contributed by atoms with E-state index in [0.717, 1.165) is 5.69 Å². The summed E-state index contributed by atoms with van der Waals surface area (Å²) in [6.07, 6.45) is 0.332. The van der Waals surface area contributed by atoms with Gasteiger partial charge in [0.2, 0.25) is 0 Å². The number of hydrogen-bond acceptors (Lipinski definition) is 3. The Kier molecular flexibility index (Phi) is 6.22. The number of para-hydroxylation sites is 1. The molecule has 0 saturated heterocycles. The molecule has 0 atom stereocenters. The fourth-order valence-corrected chi connectivity index (χ4v) is 1.64. The van der Waals surface area contributed by atoms with Crippen LogP contribution in [0, 0.1) is 0 Å². The highest BCUT2D eigenvalue weighted by Crippen LogP contribution is 2.13. The molecule has 0 heterocycles. The Bertz CT molecular complexity index is 351. The molecule has 0 aliphatic carbocycles. The largest absolute Gasteiger partial charge is 0.481 e. The number of ether oxygens (including phenoxy) is 1. The second kappa shape index (κ2) is 7.71. The SMILES string of the molecule is CC(C)OCCN(CCC(=O)O)c1ccccc1. The molecule has 4 nitrogen and oxygen atoms in total. The number of carboxylic acids is 1. The van der Waals surface area contributed by atoms with Gasteiger partial charge in [-0.3, -0.25) is 4.79 Å². The van der Waals surface area contributed by atoms with Gasteiger partial charge < -0.3 is 14.7 Å². The number of benzene rings is 1. The number of hydrogen-bond donors (Lipinski definition) is 1. The molecule has 0 spiro atoms. The Hall–Kier alpha value is -1.55. The summed E-state index contributed by atoms with van der Waals surface area (Å²) in [5, 5.41) is 8.77. The summed E-state index contributed by atoms with van der Waals surface area (Å²) in [6, 6.07) is 9.82. The van der Waals surface area contributed by atoms with Crippen molar-refractivity contribution in [2.75, 3.05) is 24.6 Å². The first-order valence-corrected chi connectivity index (χ1v) is 6.23. The lowest BCUT2D eigenvalue weighted by Crippen LogP contribution is -2.30. The standard InChI is InChI=1S/C14H21NO3/c1-12(2)18-11-10-15(9-8-14(16)17)13-6-4-3-5-7-13/h3-7,12H,8-11H2,1-2H3,(H,16,17). The van der Waals surface area contributed by atoms with Crippen LogP contribution in [-0.2, 0) is 9.53 Å². The monoisotopic (exact) mass is 251 g/mol. The summed E-state index contributed by atoms with van der Waals surface area (Å²) in [4.78, 5) is 12.7. The molecule has 1 N–H and O–H groups in total. The van der Waals surface area contributed by atoms with Gasteiger partial charge in [-0.15, -0.1) is 0 Å². The summed E-state index contributed by atoms with van der Waals surface area (Å²) in [5.41, 5.74) is 1.03. The van der Waals surface area contributed by atoms with Crippen LogP contribution in [0.25, 0.3) is 0 Å². The van der Waals surface area contributed by atoms with Gasteiger partial charge in [-0.05, 0) is 26.0 Å². The molecule has 1 aromatic carbocycles. The quantitative estimate of drug-likeness (QED) is 0.770. The summed E-state index contributed by atoms with van der Waals surface area (Å²) in [7, 11) is 0. The van der Waals surface area contributed by atoms with Crippen molar-refractivity contribution in [2.24, 2.45) is 0 Å². The number of carbonyl (C=O) groups is 1. The van der Waals surface area contributed by atoms with Crippen LogP contribution in [0.15, 0.2) is 30.3 Å². The Morgan fingerprint density at radius 3 is 2.50 bits per heavy atom. The Morgan fingerprint density at radius 2 is 1.94 bits per heavy atom. The van der Waals surface area contributed by atoms with E-state index in [-0.39, 0.29) is 12.5 Å². The second-order valence-electron chi connectivity index (χ2n) is 4.39. The maximum atomic E-state index is 10.7. The molecule has 18 heavy (non-hydrogen) atoms. The van der Waals surface area contributed by atoms with Crippen LogP contribution in [0.2, 0.25) is 0 Å². The van der Waals surface area contributed by atoms with Crippen molar-refractivity contribution in [2.45, 2.75) is 26.4 Å². The highest BCUT2D eigenvalue weighted by atomic mass is 16.5. The predicted octanol–water partition coefficient (Wildman–Crippen LogP) is 2.39. The molecule has 0 aliphatic rings. The van der Waals surface area contributed by atoms with Crippen LogP contribution < -0.4 is 4.90 Å². The normalized spacial score (nSPS) is 10.6. The van der Waals surface area contributed by atoms with Crippen LogP contribution in [0.5, 0.6) is 0 Å². The maximum absolute atomic E-state index is 10.7. The van der Waals surface area contributed by atoms with E-state index in [1.54, 1.807) is 0 Å². The molecular formula is C14H21NO3. The summed E-state index contributed by atoms with van der Waals surface area (Å²) in [5.74, 6) is -0.777. The predicted molar refractivity (Wildman–Crippen MR) is 72.0 cm³/mol. The minimum Gasteiger partial charge on any atom is -0.481 e. The average Bonchev–Trinajstić information content (AvgIpc) is 2.34. The van der Waals surface area contributed by atoms with Crippen molar-refractivity contribution in [1.82, 2.24) is 0 Å². The lowest BCUT2D eigenvalue weighted by atomic mass is 10.2. The van der Waals surface area contributed by atoms with E-state index in [9.17, 15) is 4.79 Å². The molecule has 4 heteroatoms. The zero-order valence-corrected chi connectivity index (χ0v) is 11.0. The zero-order valence-electron chi connectivity index (χ0n) is 11.0. The molecule has 0 fully saturated rings. The highest BCUT2D eigenvalue weighted by molar-refractivity contribution is 5.67. The second-order valence-corrected chi connectivity index (χ2v) is 4.39. The van der Waals surface area contributed by atoms with E-state index in [1.807, 2.05) is 49.1 Å². The molecule has 0 radical (unpaired) electrons. The van der Waals surface area contributed by atoms with Crippen molar-refractivity contribution in [3.8, 4) is 0 Å². The van der Waals surface area contributed by atoms with E-state index in [4.69, 9.17) is 9.84 Å². The van der Waals surface area contributed by atoms with Crippen LogP contribution in [0.1, 0.15) is 20.3 Å².